The van der Waals surface area contributed by atoms with Crippen LogP contribution in [-0.2, 0) is 0 Å². The Morgan fingerprint density at radius 2 is 2.11 bits per heavy atom. The van der Waals surface area contributed by atoms with E-state index in [0.29, 0.717) is 6.04 Å². The average molecular weight is 423 g/mol. The van der Waals surface area contributed by atoms with Gasteiger partial charge in [0.1, 0.15) is 0 Å². The highest BCUT2D eigenvalue weighted by molar-refractivity contribution is 14.1. The van der Waals surface area contributed by atoms with Crippen LogP contribution in [0.15, 0.2) is 22.7 Å². The van der Waals surface area contributed by atoms with Gasteiger partial charge >= 0.3 is 0 Å². The lowest BCUT2D eigenvalue weighted by Gasteiger charge is -2.29. The lowest BCUT2D eigenvalue weighted by Crippen LogP contribution is -2.43. The summed E-state index contributed by atoms with van der Waals surface area (Å²) < 4.78 is 1.94. The van der Waals surface area contributed by atoms with E-state index in [4.69, 9.17) is 0 Å². The van der Waals surface area contributed by atoms with Crippen LogP contribution in [0.25, 0.3) is 0 Å². The number of hydrogen-bond acceptors (Lipinski definition) is 2. The highest BCUT2D eigenvalue weighted by atomic mass is 127. The quantitative estimate of drug-likeness (QED) is 0.743. The number of hydrogen-bond donors (Lipinski definition) is 1. The second-order valence-electron chi connectivity index (χ2n) is 4.65. The van der Waals surface area contributed by atoms with Gasteiger partial charge in [-0.3, -0.25) is 4.79 Å². The molecule has 0 atom stereocenters. The maximum absolute atomic E-state index is 12.2. The molecule has 1 heterocycles. The van der Waals surface area contributed by atoms with Crippen LogP contribution in [0.2, 0.25) is 0 Å². The lowest BCUT2D eigenvalue weighted by atomic mass is 10.0. The van der Waals surface area contributed by atoms with Crippen LogP contribution in [0.4, 0.5) is 0 Å². The molecule has 1 amide bonds. The van der Waals surface area contributed by atoms with E-state index in [9.17, 15) is 4.79 Å². The van der Waals surface area contributed by atoms with Crippen molar-refractivity contribution in [3.05, 3.63) is 31.8 Å². The molecule has 1 N–H and O–H groups in total. The first-order valence-electron chi connectivity index (χ1n) is 6.01. The van der Waals surface area contributed by atoms with E-state index < -0.39 is 0 Å². The first-order valence-corrected chi connectivity index (χ1v) is 7.88. The van der Waals surface area contributed by atoms with Gasteiger partial charge in [0.15, 0.2) is 0 Å². The molecular formula is C13H16BrIN2O. The van der Waals surface area contributed by atoms with Gasteiger partial charge in [-0.1, -0.05) is 6.07 Å². The van der Waals surface area contributed by atoms with Crippen molar-refractivity contribution >= 4 is 44.4 Å². The minimum atomic E-state index is 0.0231. The van der Waals surface area contributed by atoms with Gasteiger partial charge in [-0.05, 0) is 83.6 Å². The minimum absolute atomic E-state index is 0.0231. The van der Waals surface area contributed by atoms with Crippen molar-refractivity contribution in [2.75, 3.05) is 20.1 Å². The van der Waals surface area contributed by atoms with E-state index in [0.717, 1.165) is 39.5 Å². The summed E-state index contributed by atoms with van der Waals surface area (Å²) in [5.74, 6) is 0.0231. The molecule has 5 heteroatoms. The molecule has 0 saturated carbocycles. The number of rotatable bonds is 2. The average Bonchev–Trinajstić information content (AvgIpc) is 2.35. The summed E-state index contributed by atoms with van der Waals surface area (Å²) >= 11 is 5.70. The monoisotopic (exact) mass is 422 g/mol. The van der Waals surface area contributed by atoms with Crippen molar-refractivity contribution in [2.24, 2.45) is 0 Å². The number of carbonyl (C=O) groups excluding carboxylic acids is 1. The Labute approximate surface area is 130 Å². The SMILES string of the molecule is CN1CCC(NC(=O)c2cccc(I)c2Br)CC1. The second kappa shape index (κ2) is 6.34. The Morgan fingerprint density at radius 3 is 2.78 bits per heavy atom. The van der Waals surface area contributed by atoms with Gasteiger partial charge in [-0.25, -0.2) is 0 Å². The molecule has 1 aliphatic rings. The van der Waals surface area contributed by atoms with E-state index in [1.54, 1.807) is 0 Å². The van der Waals surface area contributed by atoms with Crippen molar-refractivity contribution in [2.45, 2.75) is 18.9 Å². The summed E-state index contributed by atoms with van der Waals surface area (Å²) in [6, 6.07) is 6.06. The number of nitrogens with one attached hydrogen (secondary N) is 1. The third-order valence-corrected chi connectivity index (χ3v) is 5.74. The largest absolute Gasteiger partial charge is 0.349 e. The Bertz CT molecular complexity index is 445. The number of nitrogens with zero attached hydrogens (tertiary/aromatic N) is 1. The topological polar surface area (TPSA) is 32.3 Å². The molecule has 0 radical (unpaired) electrons. The number of benzene rings is 1. The highest BCUT2D eigenvalue weighted by Crippen LogP contribution is 2.23. The Morgan fingerprint density at radius 1 is 1.44 bits per heavy atom. The van der Waals surface area contributed by atoms with Gasteiger partial charge in [0.2, 0.25) is 0 Å². The van der Waals surface area contributed by atoms with E-state index in [1.807, 2.05) is 18.2 Å². The Kier molecular flexibility index (Phi) is 5.03. The molecule has 2 rings (SSSR count). The number of likely N-dealkylation sites (tertiary alicyclic amines) is 1. The maximum Gasteiger partial charge on any atom is 0.252 e. The summed E-state index contributed by atoms with van der Waals surface area (Å²) in [6.45, 7) is 2.11. The first kappa shape index (κ1) is 14.3. The van der Waals surface area contributed by atoms with Crippen LogP contribution < -0.4 is 5.32 Å². The van der Waals surface area contributed by atoms with Gasteiger partial charge in [-0.15, -0.1) is 0 Å². The molecule has 1 aromatic carbocycles. The zero-order chi connectivity index (χ0) is 13.1. The van der Waals surface area contributed by atoms with Crippen molar-refractivity contribution in [3.63, 3.8) is 0 Å². The predicted molar refractivity (Wildman–Crippen MR) is 84.8 cm³/mol. The summed E-state index contributed by atoms with van der Waals surface area (Å²) in [5.41, 5.74) is 0.723. The molecule has 1 aliphatic heterocycles. The van der Waals surface area contributed by atoms with Crippen molar-refractivity contribution in [3.8, 4) is 0 Å². The van der Waals surface area contributed by atoms with Gasteiger partial charge in [0.25, 0.3) is 5.91 Å². The molecule has 0 spiro atoms. The zero-order valence-electron chi connectivity index (χ0n) is 10.2. The number of amides is 1. The maximum atomic E-state index is 12.2. The van der Waals surface area contributed by atoms with E-state index in [-0.39, 0.29) is 5.91 Å². The molecule has 0 unspecified atom stereocenters. The molecule has 1 aromatic rings. The van der Waals surface area contributed by atoms with Crippen LogP contribution in [0, 0.1) is 3.57 Å². The fourth-order valence-corrected chi connectivity index (χ4v) is 3.04. The second-order valence-corrected chi connectivity index (χ2v) is 6.61. The minimum Gasteiger partial charge on any atom is -0.349 e. The molecule has 0 aliphatic carbocycles. The summed E-state index contributed by atoms with van der Waals surface area (Å²) in [4.78, 5) is 14.5. The van der Waals surface area contributed by atoms with Crippen molar-refractivity contribution < 1.29 is 4.79 Å². The number of halogens is 2. The van der Waals surface area contributed by atoms with Crippen molar-refractivity contribution in [1.82, 2.24) is 10.2 Å². The van der Waals surface area contributed by atoms with E-state index in [2.05, 4.69) is 55.8 Å². The molecule has 98 valence electrons. The van der Waals surface area contributed by atoms with Gasteiger partial charge in [-0.2, -0.15) is 0 Å². The van der Waals surface area contributed by atoms with Crippen LogP contribution in [-0.4, -0.2) is 37.0 Å². The summed E-state index contributed by atoms with van der Waals surface area (Å²) in [6.07, 6.45) is 2.06. The van der Waals surface area contributed by atoms with Crippen LogP contribution in [0.1, 0.15) is 23.2 Å². The van der Waals surface area contributed by atoms with Crippen LogP contribution in [0.5, 0.6) is 0 Å². The number of piperidine rings is 1. The highest BCUT2D eigenvalue weighted by Gasteiger charge is 2.20. The fraction of sp³-hybridized carbons (Fsp3) is 0.462. The van der Waals surface area contributed by atoms with E-state index >= 15 is 0 Å². The molecule has 18 heavy (non-hydrogen) atoms. The predicted octanol–water partition coefficient (Wildman–Crippen LogP) is 2.88. The Hall–Kier alpha value is -0.140. The third-order valence-electron chi connectivity index (χ3n) is 3.25. The zero-order valence-corrected chi connectivity index (χ0v) is 14.0. The third kappa shape index (κ3) is 3.45. The van der Waals surface area contributed by atoms with Gasteiger partial charge < -0.3 is 10.2 Å². The van der Waals surface area contributed by atoms with E-state index in [1.165, 1.54) is 0 Å². The molecule has 0 aromatic heterocycles. The smallest absolute Gasteiger partial charge is 0.252 e. The number of carbonyl (C=O) groups is 1. The van der Waals surface area contributed by atoms with Crippen LogP contribution in [0.3, 0.4) is 0 Å². The van der Waals surface area contributed by atoms with Crippen LogP contribution >= 0.6 is 38.5 Å². The molecule has 1 fully saturated rings. The summed E-state index contributed by atoms with van der Waals surface area (Å²) in [7, 11) is 2.12. The Balaban J connectivity index is 2.01. The van der Waals surface area contributed by atoms with Crippen molar-refractivity contribution in [1.29, 1.82) is 0 Å². The molecular weight excluding hydrogens is 407 g/mol. The molecule has 1 saturated heterocycles. The standard InChI is InChI=1S/C13H16BrIN2O/c1-17-7-5-9(6-8-17)16-13(18)10-3-2-4-11(15)12(10)14/h2-4,9H,5-8H2,1H3,(H,16,18). The lowest BCUT2D eigenvalue weighted by molar-refractivity contribution is 0.0916. The molecule has 0 bridgehead atoms. The summed E-state index contributed by atoms with van der Waals surface area (Å²) in [5, 5.41) is 3.12. The molecule has 3 nitrogen and oxygen atoms in total. The van der Waals surface area contributed by atoms with Gasteiger partial charge in [0, 0.05) is 14.1 Å². The fourth-order valence-electron chi connectivity index (χ4n) is 2.10. The van der Waals surface area contributed by atoms with Gasteiger partial charge in [0.05, 0.1) is 5.56 Å². The normalized spacial score (nSPS) is 17.7. The first-order chi connectivity index (χ1) is 8.58.